The molecule has 1 atom stereocenters. The van der Waals surface area contributed by atoms with Crippen LogP contribution in [0.2, 0.25) is 0 Å². The van der Waals surface area contributed by atoms with Gasteiger partial charge >= 0.3 is 0 Å². The first-order valence-electron chi connectivity index (χ1n) is 5.79. The second-order valence-corrected chi connectivity index (χ2v) is 4.35. The minimum Gasteiger partial charge on any atom is -0.352 e. The van der Waals surface area contributed by atoms with Crippen molar-refractivity contribution >= 4 is 5.91 Å². The van der Waals surface area contributed by atoms with Crippen LogP contribution in [0.3, 0.4) is 0 Å². The third kappa shape index (κ3) is 4.15. The van der Waals surface area contributed by atoms with E-state index in [2.05, 4.69) is 5.32 Å². The van der Waals surface area contributed by atoms with Gasteiger partial charge in [0.2, 0.25) is 0 Å². The molecule has 0 saturated heterocycles. The van der Waals surface area contributed by atoms with Crippen molar-refractivity contribution in [1.29, 1.82) is 0 Å². The maximum atomic E-state index is 13.0. The van der Waals surface area contributed by atoms with E-state index < -0.39 is 5.82 Å². The summed E-state index contributed by atoms with van der Waals surface area (Å²) in [5.41, 5.74) is 6.60. The van der Waals surface area contributed by atoms with Gasteiger partial charge in [-0.3, -0.25) is 4.79 Å². The minimum atomic E-state index is -0.393. The molecule has 0 radical (unpaired) electrons. The van der Waals surface area contributed by atoms with Crippen LogP contribution in [0.1, 0.15) is 29.3 Å². The number of nitrogens with two attached hydrogens (primary N) is 1. The Bertz CT molecular complexity index is 393. The van der Waals surface area contributed by atoms with Crippen molar-refractivity contribution in [3.05, 3.63) is 35.1 Å². The number of carbonyl (C=O) groups is 1. The van der Waals surface area contributed by atoms with E-state index in [1.807, 2.05) is 6.92 Å². The van der Waals surface area contributed by atoms with Gasteiger partial charge < -0.3 is 11.1 Å². The van der Waals surface area contributed by atoms with Gasteiger partial charge in [0.1, 0.15) is 5.82 Å². The van der Waals surface area contributed by atoms with Crippen LogP contribution in [0, 0.1) is 18.7 Å². The lowest BCUT2D eigenvalue weighted by Crippen LogP contribution is -2.29. The number of aryl methyl sites for hydroxylation is 1. The molecular weight excluding hydrogens is 219 g/mol. The first kappa shape index (κ1) is 13.6. The van der Waals surface area contributed by atoms with E-state index in [0.29, 0.717) is 24.6 Å². The number of halogens is 1. The highest BCUT2D eigenvalue weighted by Gasteiger charge is 2.10. The molecule has 17 heavy (non-hydrogen) atoms. The summed E-state index contributed by atoms with van der Waals surface area (Å²) in [4.78, 5) is 11.8. The number of hydrogen-bond acceptors (Lipinski definition) is 2. The van der Waals surface area contributed by atoms with Gasteiger partial charge in [-0.25, -0.2) is 4.39 Å². The number of carbonyl (C=O) groups excluding carboxylic acids is 1. The molecule has 0 spiro atoms. The van der Waals surface area contributed by atoms with Crippen LogP contribution in [0.15, 0.2) is 18.2 Å². The average Bonchev–Trinajstić information content (AvgIpc) is 2.29. The lowest BCUT2D eigenvalue weighted by atomic mass is 10.1. The van der Waals surface area contributed by atoms with E-state index in [0.717, 1.165) is 12.0 Å². The topological polar surface area (TPSA) is 55.1 Å². The highest BCUT2D eigenvalue weighted by atomic mass is 19.1. The highest BCUT2D eigenvalue weighted by molar-refractivity contribution is 5.95. The van der Waals surface area contributed by atoms with Crippen molar-refractivity contribution < 1.29 is 9.18 Å². The van der Waals surface area contributed by atoms with Crippen molar-refractivity contribution in [2.24, 2.45) is 11.7 Å². The molecule has 1 rings (SSSR count). The summed E-state index contributed by atoms with van der Waals surface area (Å²) in [6.45, 7) is 4.98. The first-order valence-corrected chi connectivity index (χ1v) is 5.79. The quantitative estimate of drug-likeness (QED) is 0.822. The van der Waals surface area contributed by atoms with Gasteiger partial charge in [-0.1, -0.05) is 13.0 Å². The molecule has 0 fully saturated rings. The average molecular weight is 238 g/mol. The van der Waals surface area contributed by atoms with E-state index in [1.54, 1.807) is 13.0 Å². The van der Waals surface area contributed by atoms with Crippen LogP contribution in [-0.4, -0.2) is 19.0 Å². The van der Waals surface area contributed by atoms with E-state index >= 15 is 0 Å². The zero-order valence-corrected chi connectivity index (χ0v) is 10.3. The summed E-state index contributed by atoms with van der Waals surface area (Å²) in [6, 6.07) is 4.22. The van der Waals surface area contributed by atoms with Crippen molar-refractivity contribution in [3.8, 4) is 0 Å². The SMILES string of the molecule is Cc1ccc(F)cc1C(=O)NCC(C)CCN. The Kier molecular flexibility index (Phi) is 5.10. The molecule has 1 unspecified atom stereocenters. The summed E-state index contributed by atoms with van der Waals surface area (Å²) in [5, 5.41) is 2.79. The lowest BCUT2D eigenvalue weighted by Gasteiger charge is -2.12. The van der Waals surface area contributed by atoms with Crippen LogP contribution in [0.5, 0.6) is 0 Å². The van der Waals surface area contributed by atoms with E-state index in [9.17, 15) is 9.18 Å². The molecule has 0 bridgehead atoms. The molecule has 0 aliphatic carbocycles. The fourth-order valence-electron chi connectivity index (χ4n) is 1.59. The number of hydrogen-bond donors (Lipinski definition) is 2. The molecule has 1 amide bonds. The predicted molar refractivity (Wildman–Crippen MR) is 66.3 cm³/mol. The standard InChI is InChI=1S/C13H19FN2O/c1-9(5-6-15)8-16-13(17)12-7-11(14)4-3-10(12)2/h3-4,7,9H,5-6,8,15H2,1-2H3,(H,16,17). The minimum absolute atomic E-state index is 0.231. The molecule has 0 aliphatic heterocycles. The van der Waals surface area contributed by atoms with Gasteiger partial charge in [0.05, 0.1) is 0 Å². The number of benzene rings is 1. The molecule has 3 nitrogen and oxygen atoms in total. The molecular formula is C13H19FN2O. The van der Waals surface area contributed by atoms with Gasteiger partial charge in [0.25, 0.3) is 5.91 Å². The Morgan fingerprint density at radius 1 is 1.53 bits per heavy atom. The van der Waals surface area contributed by atoms with Gasteiger partial charge in [-0.2, -0.15) is 0 Å². The summed E-state index contributed by atoms with van der Waals surface area (Å²) < 4.78 is 13.0. The van der Waals surface area contributed by atoms with Crippen LogP contribution in [0.25, 0.3) is 0 Å². The normalized spacial score (nSPS) is 12.2. The van der Waals surface area contributed by atoms with Gasteiger partial charge in [-0.15, -0.1) is 0 Å². The maximum Gasteiger partial charge on any atom is 0.251 e. The third-order valence-electron chi connectivity index (χ3n) is 2.71. The second-order valence-electron chi connectivity index (χ2n) is 4.35. The largest absolute Gasteiger partial charge is 0.352 e. The summed E-state index contributed by atoms with van der Waals surface area (Å²) in [7, 11) is 0. The molecule has 3 N–H and O–H groups in total. The van der Waals surface area contributed by atoms with E-state index in [-0.39, 0.29) is 5.91 Å². The van der Waals surface area contributed by atoms with Crippen LogP contribution in [0.4, 0.5) is 4.39 Å². The fourth-order valence-corrected chi connectivity index (χ4v) is 1.59. The van der Waals surface area contributed by atoms with Crippen LogP contribution >= 0.6 is 0 Å². The maximum absolute atomic E-state index is 13.0. The molecule has 94 valence electrons. The van der Waals surface area contributed by atoms with Gasteiger partial charge in [0, 0.05) is 12.1 Å². The molecule has 0 aliphatic rings. The third-order valence-corrected chi connectivity index (χ3v) is 2.71. The van der Waals surface area contributed by atoms with E-state index in [4.69, 9.17) is 5.73 Å². The fraction of sp³-hybridized carbons (Fsp3) is 0.462. The smallest absolute Gasteiger partial charge is 0.251 e. The predicted octanol–water partition coefficient (Wildman–Crippen LogP) is 1.85. The number of amides is 1. The van der Waals surface area contributed by atoms with Crippen LogP contribution in [-0.2, 0) is 0 Å². The molecule has 4 heteroatoms. The lowest BCUT2D eigenvalue weighted by molar-refractivity contribution is 0.0946. The molecule has 1 aromatic carbocycles. The van der Waals surface area contributed by atoms with Gasteiger partial charge in [0.15, 0.2) is 0 Å². The molecule has 1 aromatic rings. The molecule has 0 saturated carbocycles. The Labute approximate surface area is 101 Å². The van der Waals surface area contributed by atoms with Crippen molar-refractivity contribution in [2.45, 2.75) is 20.3 Å². The summed E-state index contributed by atoms with van der Waals surface area (Å²) in [6.07, 6.45) is 0.864. The monoisotopic (exact) mass is 238 g/mol. The zero-order valence-electron chi connectivity index (χ0n) is 10.3. The zero-order chi connectivity index (χ0) is 12.8. The summed E-state index contributed by atoms with van der Waals surface area (Å²) >= 11 is 0. The van der Waals surface area contributed by atoms with Gasteiger partial charge in [-0.05, 0) is 43.5 Å². The Hall–Kier alpha value is -1.42. The first-order chi connectivity index (χ1) is 8.04. The second kappa shape index (κ2) is 6.35. The van der Waals surface area contributed by atoms with Crippen molar-refractivity contribution in [3.63, 3.8) is 0 Å². The highest BCUT2D eigenvalue weighted by Crippen LogP contribution is 2.10. The number of rotatable bonds is 5. The number of nitrogens with one attached hydrogen (secondary N) is 1. The Morgan fingerprint density at radius 2 is 2.24 bits per heavy atom. The molecule has 0 aromatic heterocycles. The Morgan fingerprint density at radius 3 is 2.88 bits per heavy atom. The van der Waals surface area contributed by atoms with E-state index in [1.165, 1.54) is 12.1 Å². The van der Waals surface area contributed by atoms with Crippen molar-refractivity contribution in [1.82, 2.24) is 5.32 Å². The van der Waals surface area contributed by atoms with Crippen molar-refractivity contribution in [2.75, 3.05) is 13.1 Å². The van der Waals surface area contributed by atoms with Crippen LogP contribution < -0.4 is 11.1 Å². The molecule has 0 heterocycles. The summed E-state index contributed by atoms with van der Waals surface area (Å²) in [5.74, 6) is -0.292. The Balaban J connectivity index is 2.61.